The van der Waals surface area contributed by atoms with Crippen molar-refractivity contribution in [2.24, 2.45) is 0 Å². The van der Waals surface area contributed by atoms with Crippen LogP contribution in [0.15, 0.2) is 48.9 Å². The number of amides is 2. The van der Waals surface area contributed by atoms with E-state index in [0.717, 1.165) is 23.7 Å². The zero-order valence-electron chi connectivity index (χ0n) is 23.2. The summed E-state index contributed by atoms with van der Waals surface area (Å²) in [6.45, 7) is 4.88. The second-order valence-electron chi connectivity index (χ2n) is 10.5. The maximum absolute atomic E-state index is 14.4. The molecule has 0 spiro atoms. The van der Waals surface area contributed by atoms with Crippen LogP contribution in [0.4, 0.5) is 19.4 Å². The summed E-state index contributed by atoms with van der Waals surface area (Å²) in [5, 5.41) is 9.72. The molecule has 11 heteroatoms. The molecule has 2 aliphatic rings. The molecule has 0 bridgehead atoms. The topological polar surface area (TPSA) is 101 Å². The lowest BCUT2D eigenvalue weighted by Gasteiger charge is -2.29. The van der Waals surface area contributed by atoms with E-state index in [0.29, 0.717) is 75.4 Å². The molecule has 2 aromatic carbocycles. The van der Waals surface area contributed by atoms with E-state index in [1.54, 1.807) is 17.4 Å². The third kappa shape index (κ3) is 7.09. The average molecular weight is 567 g/mol. The highest BCUT2D eigenvalue weighted by Crippen LogP contribution is 2.26. The Bertz CT molecular complexity index is 1380. The summed E-state index contributed by atoms with van der Waals surface area (Å²) in [5.74, 6) is -0.845. The number of nitrogens with one attached hydrogen (secondary N) is 3. The number of hydrogen-bond acceptors (Lipinski definition) is 6. The molecule has 0 unspecified atom stereocenters. The standard InChI is InChI=1S/C30H36F2N6O3/c1-2-5-26(35-23-9-8-20-14-22(31)15-25(32)24(20)16-23)29(39)36-28-18-38(19-34-28)27-7-4-3-6-21(27)17-33-10-11-37-12-13-41-30(37)40/h3-4,6-7,14-15,18-19,23,26,33,35H,2,5,8-13,16-17H2,1H3,(H,36,39)/t23-,26-/m0/s1. The zero-order valence-corrected chi connectivity index (χ0v) is 23.2. The number of fused-ring (bicyclic) bond motifs is 1. The number of para-hydroxylation sites is 1. The number of ether oxygens (including phenoxy) is 1. The molecule has 2 amide bonds. The third-order valence-corrected chi connectivity index (χ3v) is 7.62. The average Bonchev–Trinajstić information content (AvgIpc) is 3.60. The van der Waals surface area contributed by atoms with Gasteiger partial charge < -0.3 is 30.2 Å². The predicted molar refractivity (Wildman–Crippen MR) is 151 cm³/mol. The molecule has 1 saturated heterocycles. The fourth-order valence-corrected chi connectivity index (χ4v) is 5.50. The van der Waals surface area contributed by atoms with Crippen LogP contribution in [0, 0.1) is 11.6 Å². The molecule has 1 aromatic heterocycles. The molecule has 0 saturated carbocycles. The first-order valence-electron chi connectivity index (χ1n) is 14.2. The third-order valence-electron chi connectivity index (χ3n) is 7.62. The monoisotopic (exact) mass is 566 g/mol. The molecule has 218 valence electrons. The maximum Gasteiger partial charge on any atom is 0.409 e. The number of benzene rings is 2. The molecule has 9 nitrogen and oxygen atoms in total. The van der Waals surface area contributed by atoms with Gasteiger partial charge in [0, 0.05) is 31.7 Å². The number of aromatic nitrogens is 2. The van der Waals surface area contributed by atoms with Gasteiger partial charge in [-0.3, -0.25) is 4.79 Å². The highest BCUT2D eigenvalue weighted by Gasteiger charge is 2.27. The molecular weight excluding hydrogens is 530 g/mol. The summed E-state index contributed by atoms with van der Waals surface area (Å²) in [7, 11) is 0. The van der Waals surface area contributed by atoms with Crippen LogP contribution in [0.5, 0.6) is 0 Å². The number of anilines is 1. The first-order chi connectivity index (χ1) is 19.9. The normalized spacial score (nSPS) is 17.3. The van der Waals surface area contributed by atoms with Crippen molar-refractivity contribution >= 4 is 17.8 Å². The van der Waals surface area contributed by atoms with Gasteiger partial charge in [-0.05, 0) is 54.5 Å². The SMILES string of the molecule is CCC[C@H](N[C@H]1CCc2cc(F)cc(F)c2C1)C(=O)Nc1cn(-c2ccccc2CNCCN2CCOC2=O)cn1. The number of rotatable bonds is 12. The minimum Gasteiger partial charge on any atom is -0.448 e. The van der Waals surface area contributed by atoms with Crippen LogP contribution in [0.3, 0.4) is 0 Å². The second-order valence-corrected chi connectivity index (χ2v) is 10.5. The van der Waals surface area contributed by atoms with Crippen LogP contribution in [0.2, 0.25) is 0 Å². The van der Waals surface area contributed by atoms with Crippen molar-refractivity contribution in [3.05, 3.63) is 77.2 Å². The number of halogens is 2. The fraction of sp³-hybridized carbons (Fsp3) is 0.433. The minimum absolute atomic E-state index is 0.0854. The number of carbonyl (C=O) groups excluding carboxylic acids is 2. The molecule has 0 radical (unpaired) electrons. The Balaban J connectivity index is 1.18. The summed E-state index contributed by atoms with van der Waals surface area (Å²) < 4.78 is 34.8. The van der Waals surface area contributed by atoms with Crippen LogP contribution in [-0.4, -0.2) is 64.8 Å². The van der Waals surface area contributed by atoms with Crippen molar-refractivity contribution in [2.75, 3.05) is 31.6 Å². The zero-order chi connectivity index (χ0) is 28.8. The van der Waals surface area contributed by atoms with E-state index in [-0.39, 0.29) is 18.0 Å². The van der Waals surface area contributed by atoms with Crippen LogP contribution >= 0.6 is 0 Å². The van der Waals surface area contributed by atoms with Gasteiger partial charge >= 0.3 is 6.09 Å². The Labute approximate surface area is 238 Å². The van der Waals surface area contributed by atoms with Gasteiger partial charge in [0.2, 0.25) is 5.91 Å². The maximum atomic E-state index is 14.4. The Morgan fingerprint density at radius 2 is 2.10 bits per heavy atom. The van der Waals surface area contributed by atoms with E-state index < -0.39 is 17.7 Å². The first-order valence-corrected chi connectivity index (χ1v) is 14.2. The summed E-state index contributed by atoms with van der Waals surface area (Å²) in [6, 6.07) is 9.68. The van der Waals surface area contributed by atoms with Crippen molar-refractivity contribution < 1.29 is 23.1 Å². The van der Waals surface area contributed by atoms with Crippen molar-refractivity contribution in [3.63, 3.8) is 0 Å². The molecule has 1 aliphatic heterocycles. The van der Waals surface area contributed by atoms with Crippen LogP contribution in [-0.2, 0) is 28.9 Å². The number of cyclic esters (lactones) is 1. The van der Waals surface area contributed by atoms with Crippen molar-refractivity contribution in [1.29, 1.82) is 0 Å². The Morgan fingerprint density at radius 1 is 1.24 bits per heavy atom. The lowest BCUT2D eigenvalue weighted by molar-refractivity contribution is -0.118. The first kappa shape index (κ1) is 28.7. The number of hydrogen-bond donors (Lipinski definition) is 3. The minimum atomic E-state index is -0.556. The van der Waals surface area contributed by atoms with E-state index in [9.17, 15) is 18.4 Å². The molecule has 3 aromatic rings. The lowest BCUT2D eigenvalue weighted by Crippen LogP contribution is -2.48. The van der Waals surface area contributed by atoms with E-state index in [1.165, 1.54) is 6.07 Å². The summed E-state index contributed by atoms with van der Waals surface area (Å²) >= 11 is 0. The van der Waals surface area contributed by atoms with Crippen molar-refractivity contribution in [2.45, 2.75) is 57.7 Å². The predicted octanol–water partition coefficient (Wildman–Crippen LogP) is 3.95. The molecule has 5 rings (SSSR count). The van der Waals surface area contributed by atoms with Gasteiger partial charge in [0.1, 0.15) is 24.6 Å². The molecular formula is C30H36F2N6O3. The second kappa shape index (κ2) is 13.2. The Hall–Kier alpha value is -3.83. The molecule has 2 heterocycles. The largest absolute Gasteiger partial charge is 0.448 e. The number of carbonyl (C=O) groups is 2. The van der Waals surface area contributed by atoms with E-state index in [1.807, 2.05) is 35.8 Å². The van der Waals surface area contributed by atoms with Gasteiger partial charge in [-0.25, -0.2) is 18.6 Å². The number of nitrogens with zero attached hydrogens (tertiary/aromatic N) is 3. The number of aryl methyl sites for hydroxylation is 1. The summed E-state index contributed by atoms with van der Waals surface area (Å²) in [6.07, 6.45) is 6.25. The Morgan fingerprint density at radius 3 is 2.90 bits per heavy atom. The molecule has 1 fully saturated rings. The highest BCUT2D eigenvalue weighted by molar-refractivity contribution is 5.94. The van der Waals surface area contributed by atoms with E-state index >= 15 is 0 Å². The van der Waals surface area contributed by atoms with Crippen LogP contribution < -0.4 is 16.0 Å². The van der Waals surface area contributed by atoms with Gasteiger partial charge in [-0.1, -0.05) is 31.5 Å². The van der Waals surface area contributed by atoms with Gasteiger partial charge in [-0.15, -0.1) is 0 Å². The molecule has 1 aliphatic carbocycles. The quantitative estimate of drug-likeness (QED) is 0.287. The highest BCUT2D eigenvalue weighted by atomic mass is 19.1. The van der Waals surface area contributed by atoms with Crippen molar-refractivity contribution in [3.8, 4) is 5.69 Å². The fourth-order valence-electron chi connectivity index (χ4n) is 5.50. The lowest BCUT2D eigenvalue weighted by atomic mass is 9.87. The smallest absolute Gasteiger partial charge is 0.409 e. The van der Waals surface area contributed by atoms with Crippen LogP contribution in [0.25, 0.3) is 5.69 Å². The number of imidazole rings is 1. The van der Waals surface area contributed by atoms with Crippen molar-refractivity contribution in [1.82, 2.24) is 25.1 Å². The van der Waals surface area contributed by atoms with Gasteiger partial charge in [0.15, 0.2) is 5.82 Å². The molecule has 2 atom stereocenters. The summed E-state index contributed by atoms with van der Waals surface area (Å²) in [5.41, 5.74) is 3.20. The molecule has 41 heavy (non-hydrogen) atoms. The van der Waals surface area contributed by atoms with Gasteiger partial charge in [0.05, 0.1) is 24.5 Å². The van der Waals surface area contributed by atoms with E-state index in [2.05, 4.69) is 20.9 Å². The van der Waals surface area contributed by atoms with Crippen LogP contribution in [0.1, 0.15) is 42.9 Å². The Kier molecular flexibility index (Phi) is 9.25. The summed E-state index contributed by atoms with van der Waals surface area (Å²) in [4.78, 5) is 31.0. The van der Waals surface area contributed by atoms with Gasteiger partial charge in [-0.2, -0.15) is 0 Å². The van der Waals surface area contributed by atoms with Gasteiger partial charge in [0.25, 0.3) is 0 Å². The molecule has 3 N–H and O–H groups in total. The van der Waals surface area contributed by atoms with E-state index in [4.69, 9.17) is 4.74 Å².